The van der Waals surface area contributed by atoms with Crippen molar-refractivity contribution in [3.63, 3.8) is 0 Å². The number of carbonyl (C=O) groups excluding carboxylic acids is 2. The zero-order valence-corrected chi connectivity index (χ0v) is 15.4. The number of ether oxygens (including phenoxy) is 1. The molecule has 130 valence electrons. The van der Waals surface area contributed by atoms with Crippen LogP contribution < -0.4 is 9.64 Å². The van der Waals surface area contributed by atoms with Gasteiger partial charge < -0.3 is 9.64 Å². The number of para-hydroxylation sites is 1. The average molecular weight is 378 g/mol. The zero-order chi connectivity index (χ0) is 18.1. The van der Waals surface area contributed by atoms with E-state index in [0.29, 0.717) is 21.5 Å². The molecule has 25 heavy (non-hydrogen) atoms. The summed E-state index contributed by atoms with van der Waals surface area (Å²) in [5.74, 6) is -0.570. The Morgan fingerprint density at radius 1 is 1.16 bits per heavy atom. The Kier molecular flexibility index (Phi) is 5.02. The first kappa shape index (κ1) is 17.8. The summed E-state index contributed by atoms with van der Waals surface area (Å²) in [6.45, 7) is 3.99. The highest BCUT2D eigenvalue weighted by molar-refractivity contribution is 6.35. The lowest BCUT2D eigenvalue weighted by Crippen LogP contribution is -2.27. The highest BCUT2D eigenvalue weighted by atomic mass is 35.5. The predicted molar refractivity (Wildman–Crippen MR) is 98.5 cm³/mol. The lowest BCUT2D eigenvalue weighted by Gasteiger charge is -2.18. The number of anilines is 1. The Hall–Kier alpha value is -2.04. The van der Waals surface area contributed by atoms with Crippen molar-refractivity contribution in [3.05, 3.63) is 57.6 Å². The Balaban J connectivity index is 1.78. The van der Waals surface area contributed by atoms with Crippen molar-refractivity contribution in [2.75, 3.05) is 11.4 Å². The van der Waals surface area contributed by atoms with Gasteiger partial charge >= 0.3 is 5.97 Å². The molecule has 1 saturated heterocycles. The van der Waals surface area contributed by atoms with Crippen LogP contribution in [0.5, 0.6) is 5.75 Å². The van der Waals surface area contributed by atoms with Gasteiger partial charge in [-0.25, -0.2) is 0 Å². The Morgan fingerprint density at radius 3 is 2.52 bits per heavy atom. The third-order valence-corrected chi connectivity index (χ3v) is 4.82. The molecule has 2 aromatic rings. The van der Waals surface area contributed by atoms with Gasteiger partial charge in [-0.05, 0) is 43.2 Å². The van der Waals surface area contributed by atoms with E-state index in [0.717, 1.165) is 11.1 Å². The number of amides is 1. The van der Waals surface area contributed by atoms with Gasteiger partial charge in [0.1, 0.15) is 5.75 Å². The summed E-state index contributed by atoms with van der Waals surface area (Å²) in [5.41, 5.74) is 2.28. The fourth-order valence-corrected chi connectivity index (χ4v) is 3.32. The van der Waals surface area contributed by atoms with Crippen LogP contribution in [-0.2, 0) is 9.59 Å². The zero-order valence-electron chi connectivity index (χ0n) is 13.9. The van der Waals surface area contributed by atoms with Gasteiger partial charge in [-0.2, -0.15) is 0 Å². The largest absolute Gasteiger partial charge is 0.426 e. The van der Waals surface area contributed by atoms with Crippen LogP contribution in [0, 0.1) is 19.8 Å². The van der Waals surface area contributed by atoms with Crippen LogP contribution in [0.3, 0.4) is 0 Å². The number of benzene rings is 2. The summed E-state index contributed by atoms with van der Waals surface area (Å²) in [5, 5.41) is 0.898. The quantitative estimate of drug-likeness (QED) is 0.581. The molecule has 0 aromatic heterocycles. The molecule has 1 amide bonds. The van der Waals surface area contributed by atoms with Crippen LogP contribution in [0.4, 0.5) is 5.69 Å². The minimum Gasteiger partial charge on any atom is -0.426 e. The van der Waals surface area contributed by atoms with Gasteiger partial charge in [-0.3, -0.25) is 9.59 Å². The van der Waals surface area contributed by atoms with Crippen molar-refractivity contribution in [2.24, 2.45) is 5.92 Å². The van der Waals surface area contributed by atoms with Crippen LogP contribution in [0.25, 0.3) is 0 Å². The number of aryl methyl sites for hydroxylation is 2. The van der Waals surface area contributed by atoms with E-state index in [1.165, 1.54) is 4.90 Å². The van der Waals surface area contributed by atoms with Crippen molar-refractivity contribution in [2.45, 2.75) is 20.3 Å². The van der Waals surface area contributed by atoms with Crippen molar-refractivity contribution >= 4 is 40.8 Å². The molecule has 4 nitrogen and oxygen atoms in total. The van der Waals surface area contributed by atoms with Gasteiger partial charge in [0.15, 0.2) is 0 Å². The molecule has 1 aliphatic heterocycles. The fourth-order valence-electron chi connectivity index (χ4n) is 2.94. The van der Waals surface area contributed by atoms with Crippen LogP contribution in [-0.4, -0.2) is 18.4 Å². The fraction of sp³-hybridized carbons (Fsp3) is 0.263. The maximum Gasteiger partial charge on any atom is 0.316 e. The highest BCUT2D eigenvalue weighted by Gasteiger charge is 2.37. The minimum absolute atomic E-state index is 0.0899. The summed E-state index contributed by atoms with van der Waals surface area (Å²) in [7, 11) is 0. The topological polar surface area (TPSA) is 46.6 Å². The molecule has 3 rings (SSSR count). The normalized spacial score (nSPS) is 17.0. The first-order valence-electron chi connectivity index (χ1n) is 7.90. The van der Waals surface area contributed by atoms with Gasteiger partial charge in [-0.1, -0.05) is 41.4 Å². The number of halogens is 2. The monoisotopic (exact) mass is 377 g/mol. The summed E-state index contributed by atoms with van der Waals surface area (Å²) >= 11 is 12.2. The first-order chi connectivity index (χ1) is 11.9. The molecule has 0 unspecified atom stereocenters. The number of nitrogens with zero attached hydrogens (tertiary/aromatic N) is 1. The van der Waals surface area contributed by atoms with Crippen molar-refractivity contribution < 1.29 is 14.3 Å². The van der Waals surface area contributed by atoms with E-state index in [4.69, 9.17) is 27.9 Å². The van der Waals surface area contributed by atoms with Crippen molar-refractivity contribution in [1.29, 1.82) is 0 Å². The Morgan fingerprint density at radius 2 is 1.84 bits per heavy atom. The van der Waals surface area contributed by atoms with E-state index in [9.17, 15) is 9.59 Å². The lowest BCUT2D eigenvalue weighted by atomic mass is 10.1. The molecule has 1 fully saturated rings. The molecule has 0 aliphatic carbocycles. The molecule has 2 aromatic carbocycles. The third kappa shape index (κ3) is 3.65. The SMILES string of the molecule is Cc1cccc(C)c1OC(=O)[C@H]1CC(=O)N(c2cc(Cl)ccc2Cl)C1. The predicted octanol–water partition coefficient (Wildman–Crippen LogP) is 4.57. The third-order valence-electron chi connectivity index (χ3n) is 4.27. The van der Waals surface area contributed by atoms with Gasteiger partial charge in [0, 0.05) is 18.0 Å². The summed E-state index contributed by atoms with van der Waals surface area (Å²) in [6, 6.07) is 10.6. The number of carbonyl (C=O) groups is 2. The summed E-state index contributed by atoms with van der Waals surface area (Å²) < 4.78 is 5.57. The van der Waals surface area contributed by atoms with Gasteiger partial charge in [0.05, 0.1) is 16.6 Å². The van der Waals surface area contributed by atoms with Gasteiger partial charge in [0.25, 0.3) is 0 Å². The van der Waals surface area contributed by atoms with Crippen LogP contribution in [0.1, 0.15) is 17.5 Å². The molecule has 0 N–H and O–H groups in total. The molecular weight excluding hydrogens is 361 g/mol. The lowest BCUT2D eigenvalue weighted by molar-refractivity contribution is -0.139. The second kappa shape index (κ2) is 7.06. The van der Waals surface area contributed by atoms with E-state index in [-0.39, 0.29) is 18.9 Å². The first-order valence-corrected chi connectivity index (χ1v) is 8.65. The molecule has 1 heterocycles. The van der Waals surface area contributed by atoms with E-state index >= 15 is 0 Å². The van der Waals surface area contributed by atoms with E-state index in [2.05, 4.69) is 0 Å². The molecule has 0 saturated carbocycles. The molecule has 1 atom stereocenters. The molecule has 0 radical (unpaired) electrons. The van der Waals surface area contributed by atoms with Crippen molar-refractivity contribution in [1.82, 2.24) is 0 Å². The van der Waals surface area contributed by atoms with Crippen LogP contribution in [0.15, 0.2) is 36.4 Å². The molecular formula is C19H17Cl2NO3. The second-order valence-electron chi connectivity index (χ2n) is 6.14. The maximum absolute atomic E-state index is 12.5. The molecule has 0 bridgehead atoms. The molecule has 0 spiro atoms. The van der Waals surface area contributed by atoms with E-state index < -0.39 is 11.9 Å². The molecule has 1 aliphatic rings. The second-order valence-corrected chi connectivity index (χ2v) is 6.99. The maximum atomic E-state index is 12.5. The number of hydrogen-bond acceptors (Lipinski definition) is 3. The number of esters is 1. The standard InChI is InChI=1S/C19H17Cl2NO3/c1-11-4-3-5-12(2)18(11)25-19(24)13-8-17(23)22(10-13)16-9-14(20)6-7-15(16)21/h3-7,9,13H,8,10H2,1-2H3/t13-/m0/s1. The number of hydrogen-bond donors (Lipinski definition) is 0. The van der Waals surface area contributed by atoms with Gasteiger partial charge in [-0.15, -0.1) is 0 Å². The average Bonchev–Trinajstić information content (AvgIpc) is 2.95. The Labute approximate surface area is 156 Å². The number of rotatable bonds is 3. The summed E-state index contributed by atoms with van der Waals surface area (Å²) in [4.78, 5) is 26.4. The molecule has 6 heteroatoms. The van der Waals surface area contributed by atoms with Crippen molar-refractivity contribution in [3.8, 4) is 5.75 Å². The highest BCUT2D eigenvalue weighted by Crippen LogP contribution is 2.34. The van der Waals surface area contributed by atoms with E-state index in [1.54, 1.807) is 18.2 Å². The van der Waals surface area contributed by atoms with E-state index in [1.807, 2.05) is 32.0 Å². The minimum atomic E-state index is -0.540. The van der Waals surface area contributed by atoms with Gasteiger partial charge in [0.2, 0.25) is 5.91 Å². The smallest absolute Gasteiger partial charge is 0.316 e. The Bertz CT molecular complexity index is 830. The summed E-state index contributed by atoms with van der Waals surface area (Å²) in [6.07, 6.45) is 0.0899. The van der Waals surface area contributed by atoms with Crippen LogP contribution in [0.2, 0.25) is 10.0 Å². The van der Waals surface area contributed by atoms with Crippen LogP contribution >= 0.6 is 23.2 Å².